The molecule has 1 saturated carbocycles. The standard InChI is InChI=1S/C37H37N3O11/c1-23(41)49-29-28-18-38-34(39-35(45)48-21-27-16-10-5-11-17-27)40-37(28,32(33(43)44)47-20-26-14-8-4-9-15-26)31(50-24(2)42)30-36(29,51-30)22-46-19-25-12-6-3-7-13-25/h3-18,28-32H,19-22H2,1-2H3,(H,43,44)(H,39,40,45)/t28?,29?,30?,31?,32-,36?,37?/m1/s1. The largest absolute Gasteiger partial charge is 0.479 e. The molecule has 3 aliphatic rings. The predicted molar refractivity (Wildman–Crippen MR) is 179 cm³/mol. The summed E-state index contributed by atoms with van der Waals surface area (Å²) in [4.78, 5) is 60.7. The first kappa shape index (κ1) is 35.4. The van der Waals surface area contributed by atoms with Crippen LogP contribution in [0.25, 0.3) is 0 Å². The zero-order valence-electron chi connectivity index (χ0n) is 27.9. The second kappa shape index (κ2) is 15.2. The molecule has 1 saturated heterocycles. The molecule has 6 rings (SSSR count). The molecule has 51 heavy (non-hydrogen) atoms. The van der Waals surface area contributed by atoms with Crippen molar-refractivity contribution in [2.45, 2.75) is 69.2 Å². The predicted octanol–water partition coefficient (Wildman–Crippen LogP) is 3.61. The summed E-state index contributed by atoms with van der Waals surface area (Å²) in [6.07, 6.45) is -5.20. The lowest BCUT2D eigenvalue weighted by Crippen LogP contribution is -2.73. The zero-order valence-corrected chi connectivity index (χ0v) is 27.9. The normalized spacial score (nSPS) is 26.4. The minimum atomic E-state index is -2.08. The number of guanidine groups is 1. The fourth-order valence-corrected chi connectivity index (χ4v) is 6.66. The van der Waals surface area contributed by atoms with Crippen molar-refractivity contribution in [1.82, 2.24) is 5.32 Å². The summed E-state index contributed by atoms with van der Waals surface area (Å²) in [5, 5.41) is 13.3. The van der Waals surface area contributed by atoms with Crippen LogP contribution in [-0.2, 0) is 62.6 Å². The SMILES string of the molecule is CC(=O)OC1C2C=NC(NC(=O)OCc3ccccc3)=NC2([C@H](OCc2ccccc2)C(=O)O)C(OC(C)=O)C2OC12COCc1ccccc1. The van der Waals surface area contributed by atoms with Gasteiger partial charge in [-0.15, -0.1) is 0 Å². The van der Waals surface area contributed by atoms with E-state index < -0.39 is 65.5 Å². The summed E-state index contributed by atoms with van der Waals surface area (Å²) >= 11 is 0. The van der Waals surface area contributed by atoms with Crippen molar-refractivity contribution in [3.8, 4) is 0 Å². The number of alkyl carbamates (subject to hydrolysis) is 1. The van der Waals surface area contributed by atoms with Gasteiger partial charge >= 0.3 is 24.0 Å². The number of aliphatic carboxylic acids is 1. The Labute approximate surface area is 293 Å². The lowest BCUT2D eigenvalue weighted by atomic mass is 9.62. The molecular formula is C37H37N3O11. The van der Waals surface area contributed by atoms with E-state index in [1.807, 2.05) is 36.4 Å². The van der Waals surface area contributed by atoms with Gasteiger partial charge in [0.15, 0.2) is 23.3 Å². The van der Waals surface area contributed by atoms with Crippen LogP contribution in [-0.4, -0.2) is 83.4 Å². The number of carboxylic acid groups (broad SMARTS) is 1. The fraction of sp³-hybridized carbons (Fsp3) is 0.351. The smallest absolute Gasteiger partial charge is 0.414 e. The third-order valence-corrected chi connectivity index (χ3v) is 8.86. The summed E-state index contributed by atoms with van der Waals surface area (Å²) in [5.41, 5.74) is -1.22. The number of benzene rings is 3. The molecule has 0 bridgehead atoms. The Balaban J connectivity index is 1.39. The fourth-order valence-electron chi connectivity index (χ4n) is 6.66. The molecule has 2 aliphatic heterocycles. The number of ether oxygens (including phenoxy) is 6. The van der Waals surface area contributed by atoms with Crippen LogP contribution in [0.5, 0.6) is 0 Å². The monoisotopic (exact) mass is 699 g/mol. The van der Waals surface area contributed by atoms with Crippen LogP contribution in [0, 0.1) is 5.92 Å². The first-order valence-corrected chi connectivity index (χ1v) is 16.3. The number of esters is 2. The van der Waals surface area contributed by atoms with Gasteiger partial charge in [-0.2, -0.15) is 0 Å². The molecule has 1 amide bonds. The number of hydrogen-bond donors (Lipinski definition) is 2. The highest BCUT2D eigenvalue weighted by Gasteiger charge is 2.81. The minimum Gasteiger partial charge on any atom is -0.479 e. The molecular weight excluding hydrogens is 662 g/mol. The number of nitrogens with zero attached hydrogens (tertiary/aromatic N) is 2. The summed E-state index contributed by atoms with van der Waals surface area (Å²) in [5.74, 6) is -4.48. The summed E-state index contributed by atoms with van der Waals surface area (Å²) in [6.45, 7) is 2.19. The molecule has 2 N–H and O–H groups in total. The maximum atomic E-state index is 13.3. The van der Waals surface area contributed by atoms with Crippen molar-refractivity contribution in [3.05, 3.63) is 108 Å². The van der Waals surface area contributed by atoms with Gasteiger partial charge in [0.1, 0.15) is 18.8 Å². The molecule has 0 radical (unpaired) electrons. The third kappa shape index (κ3) is 7.67. The number of carbonyl (C=O) groups is 4. The van der Waals surface area contributed by atoms with E-state index in [4.69, 9.17) is 33.4 Å². The van der Waals surface area contributed by atoms with Crippen molar-refractivity contribution in [1.29, 1.82) is 0 Å². The Morgan fingerprint density at radius 1 is 0.804 bits per heavy atom. The molecule has 3 aromatic rings. The first-order chi connectivity index (χ1) is 24.6. The number of epoxide rings is 1. The van der Waals surface area contributed by atoms with Gasteiger partial charge < -0.3 is 33.5 Å². The van der Waals surface area contributed by atoms with E-state index in [9.17, 15) is 24.3 Å². The van der Waals surface area contributed by atoms with Gasteiger partial charge in [-0.3, -0.25) is 14.9 Å². The van der Waals surface area contributed by atoms with Crippen LogP contribution in [0.1, 0.15) is 30.5 Å². The number of amides is 1. The average molecular weight is 700 g/mol. The van der Waals surface area contributed by atoms with Gasteiger partial charge in [0.2, 0.25) is 5.96 Å². The second-order valence-electron chi connectivity index (χ2n) is 12.4. The number of fused-ring (bicyclic) bond motifs is 2. The van der Waals surface area contributed by atoms with E-state index in [1.54, 1.807) is 54.6 Å². The highest BCUT2D eigenvalue weighted by Crippen LogP contribution is 2.59. The first-order valence-electron chi connectivity index (χ1n) is 16.3. The van der Waals surface area contributed by atoms with Crippen LogP contribution in [0.15, 0.2) is 101 Å². The highest BCUT2D eigenvalue weighted by molar-refractivity contribution is 6.00. The van der Waals surface area contributed by atoms with Gasteiger partial charge in [-0.25, -0.2) is 19.6 Å². The van der Waals surface area contributed by atoms with Crippen LogP contribution in [0.2, 0.25) is 0 Å². The quantitative estimate of drug-likeness (QED) is 0.151. The van der Waals surface area contributed by atoms with E-state index in [1.165, 1.54) is 13.1 Å². The molecule has 2 heterocycles. The van der Waals surface area contributed by atoms with Gasteiger partial charge in [0.25, 0.3) is 0 Å². The molecule has 1 aliphatic carbocycles. The molecule has 266 valence electrons. The molecule has 14 nitrogen and oxygen atoms in total. The number of nitrogens with one attached hydrogen (secondary N) is 1. The van der Waals surface area contributed by atoms with E-state index in [2.05, 4.69) is 10.3 Å². The van der Waals surface area contributed by atoms with Gasteiger partial charge in [0.05, 0.1) is 25.7 Å². The van der Waals surface area contributed by atoms with Crippen LogP contribution in [0.3, 0.4) is 0 Å². The average Bonchev–Trinajstić information content (AvgIpc) is 3.85. The number of aliphatic imine (C=N–C) groups is 2. The van der Waals surface area contributed by atoms with Crippen LogP contribution < -0.4 is 5.32 Å². The van der Waals surface area contributed by atoms with Crippen molar-refractivity contribution < 1.29 is 52.7 Å². The Hall–Kier alpha value is -5.44. The van der Waals surface area contributed by atoms with Crippen molar-refractivity contribution >= 4 is 36.2 Å². The minimum absolute atomic E-state index is 0.0681. The number of rotatable bonds is 13. The number of hydrogen-bond acceptors (Lipinski definition) is 12. The molecule has 14 heteroatoms. The molecule has 3 aromatic carbocycles. The Morgan fingerprint density at radius 3 is 1.92 bits per heavy atom. The molecule has 6 unspecified atom stereocenters. The number of carbonyl (C=O) groups excluding carboxylic acids is 3. The van der Waals surface area contributed by atoms with Gasteiger partial charge in [0, 0.05) is 20.1 Å². The van der Waals surface area contributed by atoms with E-state index in [-0.39, 0.29) is 32.4 Å². The Morgan fingerprint density at radius 2 is 1.35 bits per heavy atom. The second-order valence-corrected chi connectivity index (χ2v) is 12.4. The lowest BCUT2D eigenvalue weighted by molar-refractivity contribution is -0.187. The zero-order chi connectivity index (χ0) is 36.0. The Bertz CT molecular complexity index is 1790. The molecule has 2 fully saturated rings. The lowest BCUT2D eigenvalue weighted by Gasteiger charge is -2.50. The van der Waals surface area contributed by atoms with Gasteiger partial charge in [-0.05, 0) is 16.7 Å². The Kier molecular flexibility index (Phi) is 10.6. The van der Waals surface area contributed by atoms with E-state index >= 15 is 0 Å². The highest BCUT2D eigenvalue weighted by atomic mass is 16.7. The molecule has 0 aromatic heterocycles. The summed E-state index contributed by atoms with van der Waals surface area (Å²) in [7, 11) is 0. The van der Waals surface area contributed by atoms with Crippen LogP contribution in [0.4, 0.5) is 4.79 Å². The topological polar surface area (TPSA) is 184 Å². The number of carboxylic acids is 1. The molecule has 7 atom stereocenters. The summed E-state index contributed by atoms with van der Waals surface area (Å²) in [6, 6.07) is 27.2. The van der Waals surface area contributed by atoms with Crippen LogP contribution >= 0.6 is 0 Å². The van der Waals surface area contributed by atoms with E-state index in [0.717, 1.165) is 18.1 Å². The maximum absolute atomic E-state index is 13.3. The van der Waals surface area contributed by atoms with Gasteiger partial charge in [-0.1, -0.05) is 91.0 Å². The van der Waals surface area contributed by atoms with Crippen molar-refractivity contribution in [3.63, 3.8) is 0 Å². The van der Waals surface area contributed by atoms with Crippen molar-refractivity contribution in [2.75, 3.05) is 6.61 Å². The maximum Gasteiger partial charge on any atom is 0.414 e. The van der Waals surface area contributed by atoms with E-state index in [0.29, 0.717) is 5.56 Å². The summed E-state index contributed by atoms with van der Waals surface area (Å²) < 4.78 is 35.6. The molecule has 0 spiro atoms. The van der Waals surface area contributed by atoms with Crippen molar-refractivity contribution in [2.24, 2.45) is 15.9 Å². The third-order valence-electron chi connectivity index (χ3n) is 8.86.